The van der Waals surface area contributed by atoms with Crippen LogP contribution in [0.4, 0.5) is 0 Å². The molecule has 0 aliphatic heterocycles. The minimum atomic E-state index is -0.888. The number of aliphatic carboxylic acids is 1. The van der Waals surface area contributed by atoms with E-state index in [1.807, 2.05) is 19.1 Å². The molecule has 0 fully saturated rings. The van der Waals surface area contributed by atoms with Crippen molar-refractivity contribution in [1.29, 1.82) is 0 Å². The zero-order chi connectivity index (χ0) is 15.2. The summed E-state index contributed by atoms with van der Waals surface area (Å²) in [5.74, 6) is 0.392. The van der Waals surface area contributed by atoms with Gasteiger partial charge in [0.15, 0.2) is 0 Å². The molecule has 110 valence electrons. The molecular weight excluding hydrogens is 270 g/mol. The molecule has 0 atom stereocenters. The summed E-state index contributed by atoms with van der Waals surface area (Å²) in [6.45, 7) is 2.14. The van der Waals surface area contributed by atoms with Gasteiger partial charge in [-0.15, -0.1) is 0 Å². The molecule has 0 aliphatic rings. The fourth-order valence-electron chi connectivity index (χ4n) is 2.00. The maximum absolute atomic E-state index is 10.8. The fraction of sp³-hybridized carbons (Fsp3) is 0.250. The van der Waals surface area contributed by atoms with Crippen molar-refractivity contribution in [2.75, 3.05) is 7.11 Å². The quantitative estimate of drug-likeness (QED) is 0.884. The van der Waals surface area contributed by atoms with Gasteiger partial charge in [0.25, 0.3) is 0 Å². The van der Waals surface area contributed by atoms with Gasteiger partial charge in [-0.2, -0.15) is 0 Å². The fourth-order valence-corrected chi connectivity index (χ4v) is 2.00. The van der Waals surface area contributed by atoms with Gasteiger partial charge in [0.2, 0.25) is 0 Å². The highest BCUT2D eigenvalue weighted by atomic mass is 16.5. The number of carboxylic acids is 1. The number of aryl methyl sites for hydroxylation is 1. The van der Waals surface area contributed by atoms with Gasteiger partial charge in [-0.25, -0.2) is 0 Å². The molecule has 0 bridgehead atoms. The molecule has 0 amide bonds. The molecule has 0 saturated heterocycles. The van der Waals surface area contributed by atoms with Crippen molar-refractivity contribution in [3.8, 4) is 11.5 Å². The summed E-state index contributed by atoms with van der Waals surface area (Å²) in [4.78, 5) is 15.2. The Morgan fingerprint density at radius 2 is 2.05 bits per heavy atom. The standard InChI is InChI=1S/C16H17NO4/c1-11-7-14(20-2)9-13(17-11)10-21-15-6-4-3-5-12(15)8-16(18)19/h3-7,9H,8,10H2,1-2H3,(H,18,19). The Kier molecular flexibility index (Phi) is 4.77. The Bertz CT molecular complexity index is 640. The smallest absolute Gasteiger partial charge is 0.307 e. The largest absolute Gasteiger partial charge is 0.497 e. The van der Waals surface area contributed by atoms with Crippen molar-refractivity contribution >= 4 is 5.97 Å². The SMILES string of the molecule is COc1cc(C)nc(COc2ccccc2CC(=O)O)c1. The number of hydrogen-bond donors (Lipinski definition) is 1. The molecule has 0 radical (unpaired) electrons. The molecule has 5 nitrogen and oxygen atoms in total. The summed E-state index contributed by atoms with van der Waals surface area (Å²) in [5, 5.41) is 8.90. The van der Waals surface area contributed by atoms with Crippen LogP contribution in [0.2, 0.25) is 0 Å². The zero-order valence-corrected chi connectivity index (χ0v) is 12.0. The molecule has 5 heteroatoms. The normalized spacial score (nSPS) is 10.2. The van der Waals surface area contributed by atoms with Gasteiger partial charge < -0.3 is 14.6 Å². The maximum Gasteiger partial charge on any atom is 0.307 e. The molecule has 1 aromatic carbocycles. The van der Waals surface area contributed by atoms with Gasteiger partial charge in [-0.05, 0) is 13.0 Å². The van der Waals surface area contributed by atoms with Crippen LogP contribution in [-0.2, 0) is 17.8 Å². The molecule has 0 aliphatic carbocycles. The molecule has 1 aromatic heterocycles. The average molecular weight is 287 g/mol. The summed E-state index contributed by atoms with van der Waals surface area (Å²) < 4.78 is 10.9. The van der Waals surface area contributed by atoms with Crippen LogP contribution in [0.1, 0.15) is 17.0 Å². The number of aromatic nitrogens is 1. The second-order valence-electron chi connectivity index (χ2n) is 4.61. The molecule has 1 heterocycles. The Hall–Kier alpha value is -2.56. The lowest BCUT2D eigenvalue weighted by molar-refractivity contribution is -0.136. The second-order valence-corrected chi connectivity index (χ2v) is 4.61. The van der Waals surface area contributed by atoms with E-state index >= 15 is 0 Å². The Morgan fingerprint density at radius 3 is 2.76 bits per heavy atom. The predicted octanol–water partition coefficient (Wildman–Crippen LogP) is 2.60. The predicted molar refractivity (Wildman–Crippen MR) is 77.6 cm³/mol. The van der Waals surface area contributed by atoms with Crippen LogP contribution in [0.5, 0.6) is 11.5 Å². The van der Waals surface area contributed by atoms with Gasteiger partial charge in [0.05, 0.1) is 19.2 Å². The van der Waals surface area contributed by atoms with Crippen molar-refractivity contribution in [1.82, 2.24) is 4.98 Å². The van der Waals surface area contributed by atoms with Crippen molar-refractivity contribution in [2.45, 2.75) is 20.0 Å². The number of carboxylic acid groups (broad SMARTS) is 1. The molecule has 0 spiro atoms. The number of pyridine rings is 1. The van der Waals surface area contributed by atoms with E-state index in [4.69, 9.17) is 14.6 Å². The Morgan fingerprint density at radius 1 is 1.29 bits per heavy atom. The number of benzene rings is 1. The van der Waals surface area contributed by atoms with E-state index in [-0.39, 0.29) is 13.0 Å². The number of para-hydroxylation sites is 1. The number of hydrogen-bond acceptors (Lipinski definition) is 4. The molecule has 2 aromatic rings. The third-order valence-electron chi connectivity index (χ3n) is 2.91. The van der Waals surface area contributed by atoms with Gasteiger partial charge in [0, 0.05) is 23.4 Å². The first-order valence-corrected chi connectivity index (χ1v) is 6.52. The third kappa shape index (κ3) is 4.21. The van der Waals surface area contributed by atoms with Gasteiger partial charge >= 0.3 is 5.97 Å². The van der Waals surface area contributed by atoms with Crippen molar-refractivity contribution in [3.63, 3.8) is 0 Å². The molecule has 2 rings (SSSR count). The Balaban J connectivity index is 2.13. The average Bonchev–Trinajstić information content (AvgIpc) is 2.45. The van der Waals surface area contributed by atoms with Crippen LogP contribution in [0.3, 0.4) is 0 Å². The summed E-state index contributed by atoms with van der Waals surface area (Å²) in [5.41, 5.74) is 2.22. The highest BCUT2D eigenvalue weighted by molar-refractivity contribution is 5.71. The minimum Gasteiger partial charge on any atom is -0.497 e. The van der Waals surface area contributed by atoms with E-state index in [0.29, 0.717) is 11.3 Å². The van der Waals surface area contributed by atoms with Gasteiger partial charge in [-0.3, -0.25) is 9.78 Å². The van der Waals surface area contributed by atoms with Crippen LogP contribution in [-0.4, -0.2) is 23.2 Å². The lowest BCUT2D eigenvalue weighted by Crippen LogP contribution is -2.05. The third-order valence-corrected chi connectivity index (χ3v) is 2.91. The van der Waals surface area contributed by atoms with Crippen molar-refractivity contribution in [3.05, 3.63) is 53.3 Å². The van der Waals surface area contributed by atoms with Gasteiger partial charge in [0.1, 0.15) is 18.1 Å². The van der Waals surface area contributed by atoms with Crippen molar-refractivity contribution in [2.24, 2.45) is 0 Å². The first-order chi connectivity index (χ1) is 10.1. The minimum absolute atomic E-state index is 0.0687. The highest BCUT2D eigenvalue weighted by Gasteiger charge is 2.08. The lowest BCUT2D eigenvalue weighted by Gasteiger charge is -2.11. The van der Waals surface area contributed by atoms with E-state index in [1.165, 1.54) is 0 Å². The van der Waals surface area contributed by atoms with Crippen LogP contribution in [0, 0.1) is 6.92 Å². The van der Waals surface area contributed by atoms with Crippen LogP contribution in [0.25, 0.3) is 0 Å². The monoisotopic (exact) mass is 287 g/mol. The first-order valence-electron chi connectivity index (χ1n) is 6.52. The molecule has 0 unspecified atom stereocenters. The Labute approximate surface area is 123 Å². The zero-order valence-electron chi connectivity index (χ0n) is 12.0. The summed E-state index contributed by atoms with van der Waals surface area (Å²) in [6.07, 6.45) is -0.0687. The van der Waals surface area contributed by atoms with Crippen LogP contribution in [0.15, 0.2) is 36.4 Å². The van der Waals surface area contributed by atoms with E-state index < -0.39 is 5.97 Å². The summed E-state index contributed by atoms with van der Waals surface area (Å²) in [6, 6.07) is 10.7. The molecule has 1 N–H and O–H groups in total. The molecule has 21 heavy (non-hydrogen) atoms. The summed E-state index contributed by atoms with van der Waals surface area (Å²) in [7, 11) is 1.60. The summed E-state index contributed by atoms with van der Waals surface area (Å²) >= 11 is 0. The van der Waals surface area contributed by atoms with Crippen molar-refractivity contribution < 1.29 is 19.4 Å². The highest BCUT2D eigenvalue weighted by Crippen LogP contribution is 2.21. The number of rotatable bonds is 6. The van der Waals surface area contributed by atoms with Crippen LogP contribution < -0.4 is 9.47 Å². The van der Waals surface area contributed by atoms with E-state index in [9.17, 15) is 4.79 Å². The topological polar surface area (TPSA) is 68.7 Å². The van der Waals surface area contributed by atoms with E-state index in [1.54, 1.807) is 31.4 Å². The molecular formula is C16H17NO4. The number of carbonyl (C=O) groups is 1. The lowest BCUT2D eigenvalue weighted by atomic mass is 10.1. The maximum atomic E-state index is 10.8. The number of ether oxygens (including phenoxy) is 2. The van der Waals surface area contributed by atoms with E-state index in [2.05, 4.69) is 4.98 Å². The van der Waals surface area contributed by atoms with Crippen LogP contribution >= 0.6 is 0 Å². The van der Waals surface area contributed by atoms with Gasteiger partial charge in [-0.1, -0.05) is 18.2 Å². The molecule has 0 saturated carbocycles. The number of methoxy groups -OCH3 is 1. The van der Waals surface area contributed by atoms with E-state index in [0.717, 1.165) is 17.1 Å². The second kappa shape index (κ2) is 6.74. The first kappa shape index (κ1) is 14.8. The number of nitrogens with zero attached hydrogens (tertiary/aromatic N) is 1.